The van der Waals surface area contributed by atoms with Gasteiger partial charge in [-0.25, -0.2) is 13.2 Å². The normalized spacial score (nSPS) is 14.3. The van der Waals surface area contributed by atoms with Gasteiger partial charge in [0.25, 0.3) is 5.91 Å². The molecule has 0 spiro atoms. The highest BCUT2D eigenvalue weighted by atomic mass is 32.2. The van der Waals surface area contributed by atoms with Crippen LogP contribution in [0.25, 0.3) is 0 Å². The highest BCUT2D eigenvalue weighted by Crippen LogP contribution is 2.21. The Morgan fingerprint density at radius 2 is 1.73 bits per heavy atom. The molecule has 1 heterocycles. The highest BCUT2D eigenvalue weighted by molar-refractivity contribution is 7.89. The van der Waals surface area contributed by atoms with Crippen molar-refractivity contribution in [2.45, 2.75) is 17.7 Å². The van der Waals surface area contributed by atoms with Crippen molar-refractivity contribution in [2.24, 2.45) is 0 Å². The summed E-state index contributed by atoms with van der Waals surface area (Å²) in [5.41, 5.74) is 0.0792. The van der Waals surface area contributed by atoms with Gasteiger partial charge < -0.3 is 14.8 Å². The molecule has 1 N–H and O–H groups in total. The van der Waals surface area contributed by atoms with Gasteiger partial charge in [-0.1, -0.05) is 24.3 Å². The number of ether oxygens (including phenoxy) is 2. The first-order valence-electron chi connectivity index (χ1n) is 9.69. The Morgan fingerprint density at radius 1 is 1.00 bits per heavy atom. The number of esters is 1. The Kier molecular flexibility index (Phi) is 7.42. The lowest BCUT2D eigenvalue weighted by Gasteiger charge is -2.15. The lowest BCUT2D eigenvalue weighted by molar-refractivity contribution is -0.124. The van der Waals surface area contributed by atoms with Crippen molar-refractivity contribution in [3.8, 4) is 5.75 Å². The van der Waals surface area contributed by atoms with Crippen LogP contribution in [0.3, 0.4) is 0 Å². The Hall–Kier alpha value is -2.91. The molecule has 160 valence electrons. The van der Waals surface area contributed by atoms with Gasteiger partial charge in [-0.15, -0.1) is 0 Å². The van der Waals surface area contributed by atoms with E-state index in [1.165, 1.54) is 28.6 Å². The fourth-order valence-corrected chi connectivity index (χ4v) is 4.57. The van der Waals surface area contributed by atoms with Crippen LogP contribution in [-0.4, -0.2) is 57.4 Å². The van der Waals surface area contributed by atoms with E-state index in [0.717, 1.165) is 12.8 Å². The number of nitrogens with zero attached hydrogens (tertiary/aromatic N) is 1. The molecule has 8 nitrogen and oxygen atoms in total. The summed E-state index contributed by atoms with van der Waals surface area (Å²) in [6.07, 6.45) is 1.65. The molecule has 30 heavy (non-hydrogen) atoms. The molecule has 0 atom stereocenters. The van der Waals surface area contributed by atoms with E-state index in [4.69, 9.17) is 9.47 Å². The molecule has 2 aromatic rings. The summed E-state index contributed by atoms with van der Waals surface area (Å²) < 4.78 is 37.1. The minimum absolute atomic E-state index is 0.0429. The standard InChI is InChI=1S/C21H24N2O6S/c24-20(22-11-14-28-18-8-2-1-3-9-18)16-29-21(25)17-7-6-10-19(15-17)30(26,27)23-12-4-5-13-23/h1-3,6-10,15H,4-5,11-14,16H2,(H,22,24). The van der Waals surface area contributed by atoms with E-state index >= 15 is 0 Å². The Balaban J connectivity index is 1.46. The fraction of sp³-hybridized carbons (Fsp3) is 0.333. The Bertz CT molecular complexity index is 972. The summed E-state index contributed by atoms with van der Waals surface area (Å²) in [5, 5.41) is 2.59. The van der Waals surface area contributed by atoms with Gasteiger partial charge in [0.2, 0.25) is 10.0 Å². The van der Waals surface area contributed by atoms with Crippen LogP contribution in [0.1, 0.15) is 23.2 Å². The van der Waals surface area contributed by atoms with Crippen molar-refractivity contribution in [3.05, 3.63) is 60.2 Å². The van der Waals surface area contributed by atoms with Gasteiger partial charge in [-0.3, -0.25) is 4.79 Å². The van der Waals surface area contributed by atoms with Crippen LogP contribution in [0.2, 0.25) is 0 Å². The number of hydrogen-bond acceptors (Lipinski definition) is 6. The Morgan fingerprint density at radius 3 is 2.47 bits per heavy atom. The fourth-order valence-electron chi connectivity index (χ4n) is 3.00. The van der Waals surface area contributed by atoms with E-state index in [-0.39, 0.29) is 23.6 Å². The number of para-hydroxylation sites is 1. The summed E-state index contributed by atoms with van der Waals surface area (Å²) in [6, 6.07) is 14.9. The van der Waals surface area contributed by atoms with Crippen LogP contribution in [0.15, 0.2) is 59.5 Å². The molecular weight excluding hydrogens is 408 g/mol. The Labute approximate surface area is 175 Å². The van der Waals surface area contributed by atoms with Crippen LogP contribution in [0.5, 0.6) is 5.75 Å². The molecule has 1 fully saturated rings. The van der Waals surface area contributed by atoms with Gasteiger partial charge in [-0.05, 0) is 43.2 Å². The zero-order chi connectivity index (χ0) is 21.4. The average molecular weight is 432 g/mol. The summed E-state index contributed by atoms with van der Waals surface area (Å²) in [5.74, 6) is -0.535. The number of amides is 1. The second kappa shape index (κ2) is 10.2. The average Bonchev–Trinajstić information content (AvgIpc) is 3.32. The molecule has 0 bridgehead atoms. The van der Waals surface area contributed by atoms with Gasteiger partial charge in [0, 0.05) is 13.1 Å². The third kappa shape index (κ3) is 5.80. The van der Waals surface area contributed by atoms with E-state index in [1.54, 1.807) is 0 Å². The molecule has 2 aromatic carbocycles. The second-order valence-corrected chi connectivity index (χ2v) is 8.66. The molecule has 1 amide bonds. The zero-order valence-electron chi connectivity index (χ0n) is 16.5. The number of rotatable bonds is 9. The number of sulfonamides is 1. The lowest BCUT2D eigenvalue weighted by atomic mass is 10.2. The molecule has 1 aliphatic rings. The van der Waals surface area contributed by atoms with E-state index in [0.29, 0.717) is 18.8 Å². The van der Waals surface area contributed by atoms with E-state index < -0.39 is 28.5 Å². The summed E-state index contributed by atoms with van der Waals surface area (Å²) in [7, 11) is -3.63. The smallest absolute Gasteiger partial charge is 0.338 e. The van der Waals surface area contributed by atoms with Crippen LogP contribution < -0.4 is 10.1 Å². The molecule has 0 aromatic heterocycles. The van der Waals surface area contributed by atoms with Gasteiger partial charge in [-0.2, -0.15) is 4.31 Å². The molecule has 0 radical (unpaired) electrons. The minimum atomic E-state index is -3.63. The SMILES string of the molecule is O=C(COC(=O)c1cccc(S(=O)(=O)N2CCCC2)c1)NCCOc1ccccc1. The first-order chi connectivity index (χ1) is 14.5. The van der Waals surface area contributed by atoms with Crippen LogP contribution >= 0.6 is 0 Å². The van der Waals surface area contributed by atoms with E-state index in [9.17, 15) is 18.0 Å². The van der Waals surface area contributed by atoms with Crippen molar-refractivity contribution < 1.29 is 27.5 Å². The quantitative estimate of drug-likeness (QED) is 0.479. The van der Waals surface area contributed by atoms with Gasteiger partial charge in [0.15, 0.2) is 6.61 Å². The summed E-state index contributed by atoms with van der Waals surface area (Å²) >= 11 is 0. The van der Waals surface area contributed by atoms with E-state index in [1.807, 2.05) is 30.3 Å². The molecule has 9 heteroatoms. The van der Waals surface area contributed by atoms with Gasteiger partial charge in [0.05, 0.1) is 17.0 Å². The second-order valence-electron chi connectivity index (χ2n) is 6.73. The molecule has 0 aliphatic carbocycles. The van der Waals surface area contributed by atoms with Crippen LogP contribution in [0, 0.1) is 0 Å². The summed E-state index contributed by atoms with van der Waals surface area (Å²) in [6.45, 7) is 1.03. The molecular formula is C21H24N2O6S. The third-order valence-corrected chi connectivity index (χ3v) is 6.44. The first-order valence-corrected chi connectivity index (χ1v) is 11.1. The van der Waals surface area contributed by atoms with Crippen molar-refractivity contribution in [1.29, 1.82) is 0 Å². The number of carbonyl (C=O) groups is 2. The highest BCUT2D eigenvalue weighted by Gasteiger charge is 2.27. The van der Waals surface area contributed by atoms with Crippen molar-refractivity contribution in [1.82, 2.24) is 9.62 Å². The maximum absolute atomic E-state index is 12.6. The lowest BCUT2D eigenvalue weighted by Crippen LogP contribution is -2.32. The van der Waals surface area contributed by atoms with E-state index in [2.05, 4.69) is 5.32 Å². The monoisotopic (exact) mass is 432 g/mol. The maximum atomic E-state index is 12.6. The molecule has 3 rings (SSSR count). The third-order valence-electron chi connectivity index (χ3n) is 4.54. The van der Waals surface area contributed by atoms with Crippen molar-refractivity contribution >= 4 is 21.9 Å². The largest absolute Gasteiger partial charge is 0.492 e. The summed E-state index contributed by atoms with van der Waals surface area (Å²) in [4.78, 5) is 24.1. The van der Waals surface area contributed by atoms with Gasteiger partial charge in [0.1, 0.15) is 12.4 Å². The molecule has 0 unspecified atom stereocenters. The molecule has 1 saturated heterocycles. The molecule has 0 saturated carbocycles. The number of hydrogen-bond donors (Lipinski definition) is 1. The number of nitrogens with one attached hydrogen (secondary N) is 1. The molecule has 1 aliphatic heterocycles. The van der Waals surface area contributed by atoms with Gasteiger partial charge >= 0.3 is 5.97 Å². The van der Waals surface area contributed by atoms with Crippen LogP contribution in [-0.2, 0) is 19.6 Å². The van der Waals surface area contributed by atoms with Crippen molar-refractivity contribution in [2.75, 3.05) is 32.8 Å². The predicted octanol–water partition coefficient (Wildman–Crippen LogP) is 1.82. The zero-order valence-corrected chi connectivity index (χ0v) is 17.3. The first kappa shape index (κ1) is 21.8. The minimum Gasteiger partial charge on any atom is -0.492 e. The number of benzene rings is 2. The topological polar surface area (TPSA) is 102 Å². The van der Waals surface area contributed by atoms with Crippen molar-refractivity contribution in [3.63, 3.8) is 0 Å². The predicted molar refractivity (Wildman–Crippen MR) is 110 cm³/mol. The number of carbonyl (C=O) groups excluding carboxylic acids is 2. The maximum Gasteiger partial charge on any atom is 0.338 e. The van der Waals surface area contributed by atoms with Crippen LogP contribution in [0.4, 0.5) is 0 Å².